The Kier molecular flexibility index (Phi) is 2.89. The molecule has 20 heavy (non-hydrogen) atoms. The fraction of sp³-hybridized carbons (Fsp3) is 0.417. The first-order valence-electron chi connectivity index (χ1n) is 6.00. The van der Waals surface area contributed by atoms with E-state index in [4.69, 9.17) is 15.6 Å². The van der Waals surface area contributed by atoms with Gasteiger partial charge in [-0.15, -0.1) is 0 Å². The maximum absolute atomic E-state index is 14.1. The Balaban J connectivity index is 2.10. The predicted molar refractivity (Wildman–Crippen MR) is 66.1 cm³/mol. The van der Waals surface area contributed by atoms with Crippen molar-refractivity contribution in [3.05, 3.63) is 24.5 Å². The Morgan fingerprint density at radius 2 is 2.20 bits per heavy atom. The monoisotopic (exact) mass is 285 g/mol. The van der Waals surface area contributed by atoms with Gasteiger partial charge in [0.1, 0.15) is 11.9 Å². The van der Waals surface area contributed by atoms with Gasteiger partial charge in [-0.3, -0.25) is 0 Å². The van der Waals surface area contributed by atoms with Gasteiger partial charge in [-0.2, -0.15) is 8.78 Å². The lowest BCUT2D eigenvalue weighted by atomic mass is 10.1. The second-order valence-electron chi connectivity index (χ2n) is 4.68. The molecule has 4 N–H and O–H groups in total. The van der Waals surface area contributed by atoms with Gasteiger partial charge in [0.2, 0.25) is 6.23 Å². The molecule has 3 heterocycles. The van der Waals surface area contributed by atoms with Crippen molar-refractivity contribution in [2.45, 2.75) is 24.4 Å². The molecule has 0 spiro atoms. The second kappa shape index (κ2) is 4.37. The Bertz CT molecular complexity index is 646. The summed E-state index contributed by atoms with van der Waals surface area (Å²) in [5.41, 5.74) is 6.10. The molecule has 1 fully saturated rings. The number of aliphatic hydroxyl groups is 2. The van der Waals surface area contributed by atoms with E-state index in [-0.39, 0.29) is 5.82 Å². The summed E-state index contributed by atoms with van der Waals surface area (Å²) < 4.78 is 34.4. The molecule has 0 saturated carbocycles. The molecular formula is C12H13F2N3O3. The van der Waals surface area contributed by atoms with Crippen molar-refractivity contribution < 1.29 is 23.7 Å². The van der Waals surface area contributed by atoms with Crippen LogP contribution >= 0.6 is 0 Å². The standard InChI is InChI=1S/C12H13F2N3O3/c13-12(14)9(19)8(5-18)20-11(12)17-4-2-6-7(17)1-3-16-10(6)15/h1-4,8-9,11,18-19H,5H2,(H2,15,16)/t8-,9-,11-/m1/s1. The van der Waals surface area contributed by atoms with Gasteiger partial charge in [-0.05, 0) is 12.1 Å². The zero-order chi connectivity index (χ0) is 14.5. The zero-order valence-electron chi connectivity index (χ0n) is 10.3. The van der Waals surface area contributed by atoms with Gasteiger partial charge in [0.05, 0.1) is 12.1 Å². The number of anilines is 1. The maximum atomic E-state index is 14.1. The molecule has 108 valence electrons. The molecule has 0 aromatic carbocycles. The van der Waals surface area contributed by atoms with Crippen molar-refractivity contribution in [2.24, 2.45) is 0 Å². The molecule has 1 aliphatic rings. The van der Waals surface area contributed by atoms with E-state index in [1.165, 1.54) is 23.0 Å². The summed E-state index contributed by atoms with van der Waals surface area (Å²) in [6.45, 7) is -0.684. The molecule has 0 bridgehead atoms. The molecule has 8 heteroatoms. The number of aliphatic hydroxyl groups excluding tert-OH is 2. The van der Waals surface area contributed by atoms with Crippen LogP contribution in [0.3, 0.4) is 0 Å². The number of rotatable bonds is 2. The summed E-state index contributed by atoms with van der Waals surface area (Å²) in [7, 11) is 0. The highest BCUT2D eigenvalue weighted by Gasteiger charge is 2.59. The van der Waals surface area contributed by atoms with Gasteiger partial charge in [0, 0.05) is 17.8 Å². The number of ether oxygens (including phenoxy) is 1. The summed E-state index contributed by atoms with van der Waals surface area (Å²) in [6, 6.07) is 3.08. The van der Waals surface area contributed by atoms with Gasteiger partial charge >= 0.3 is 5.92 Å². The number of pyridine rings is 1. The summed E-state index contributed by atoms with van der Waals surface area (Å²) in [5, 5.41) is 19.0. The third-order valence-electron chi connectivity index (χ3n) is 3.49. The van der Waals surface area contributed by atoms with Crippen molar-refractivity contribution in [2.75, 3.05) is 12.3 Å². The van der Waals surface area contributed by atoms with E-state index in [9.17, 15) is 13.9 Å². The first kappa shape index (κ1) is 13.2. The van der Waals surface area contributed by atoms with Crippen LogP contribution in [0, 0.1) is 0 Å². The van der Waals surface area contributed by atoms with Gasteiger partial charge in [-0.25, -0.2) is 4.98 Å². The maximum Gasteiger partial charge on any atom is 0.320 e. The van der Waals surface area contributed by atoms with Crippen LogP contribution < -0.4 is 5.73 Å². The lowest BCUT2D eigenvalue weighted by Crippen LogP contribution is -2.39. The number of nitrogens with two attached hydrogens (primary N) is 1. The van der Waals surface area contributed by atoms with Crippen molar-refractivity contribution in [1.82, 2.24) is 9.55 Å². The average Bonchev–Trinajstić information content (AvgIpc) is 2.92. The van der Waals surface area contributed by atoms with E-state index in [0.29, 0.717) is 10.9 Å². The Hall–Kier alpha value is -1.77. The van der Waals surface area contributed by atoms with Gasteiger partial charge in [-0.1, -0.05) is 0 Å². The highest BCUT2D eigenvalue weighted by atomic mass is 19.3. The SMILES string of the molecule is Nc1nccc2c1ccn2[C@@H]1O[C@H](CO)[C@@H](O)C1(F)F. The summed E-state index contributed by atoms with van der Waals surface area (Å²) in [6.07, 6.45) is -2.29. The third kappa shape index (κ3) is 1.69. The van der Waals surface area contributed by atoms with Crippen LogP contribution in [-0.2, 0) is 4.74 Å². The number of alkyl halides is 2. The molecule has 2 aromatic heterocycles. The van der Waals surface area contributed by atoms with Gasteiger partial charge in [0.25, 0.3) is 0 Å². The van der Waals surface area contributed by atoms with Crippen LogP contribution in [0.2, 0.25) is 0 Å². The number of aromatic nitrogens is 2. The topological polar surface area (TPSA) is 93.5 Å². The highest BCUT2D eigenvalue weighted by Crippen LogP contribution is 2.44. The van der Waals surface area contributed by atoms with Crippen LogP contribution in [0.25, 0.3) is 10.9 Å². The third-order valence-corrected chi connectivity index (χ3v) is 3.49. The summed E-state index contributed by atoms with van der Waals surface area (Å²) in [4.78, 5) is 3.88. The Morgan fingerprint density at radius 1 is 1.45 bits per heavy atom. The number of hydrogen-bond donors (Lipinski definition) is 3. The molecule has 6 nitrogen and oxygen atoms in total. The molecule has 2 aromatic rings. The Labute approximate surface area is 112 Å². The number of halogens is 2. The number of hydrogen-bond acceptors (Lipinski definition) is 5. The van der Waals surface area contributed by atoms with Crippen LogP contribution in [-0.4, -0.2) is 44.5 Å². The van der Waals surface area contributed by atoms with E-state index < -0.39 is 31.0 Å². The van der Waals surface area contributed by atoms with Crippen molar-refractivity contribution in [3.8, 4) is 0 Å². The predicted octanol–water partition coefficient (Wildman–Crippen LogP) is 0.504. The van der Waals surface area contributed by atoms with E-state index in [1.54, 1.807) is 6.07 Å². The normalized spacial score (nSPS) is 29.1. The van der Waals surface area contributed by atoms with E-state index in [2.05, 4.69) is 4.98 Å². The summed E-state index contributed by atoms with van der Waals surface area (Å²) >= 11 is 0. The fourth-order valence-corrected chi connectivity index (χ4v) is 2.43. The molecule has 0 unspecified atom stereocenters. The first-order valence-corrected chi connectivity index (χ1v) is 6.00. The minimum atomic E-state index is -3.52. The lowest BCUT2D eigenvalue weighted by Gasteiger charge is -2.21. The molecule has 1 saturated heterocycles. The van der Waals surface area contributed by atoms with Crippen LogP contribution in [0.4, 0.5) is 14.6 Å². The zero-order valence-corrected chi connectivity index (χ0v) is 10.3. The van der Waals surface area contributed by atoms with Crippen molar-refractivity contribution in [1.29, 1.82) is 0 Å². The van der Waals surface area contributed by atoms with Crippen molar-refractivity contribution >= 4 is 16.7 Å². The van der Waals surface area contributed by atoms with E-state index in [1.807, 2.05) is 0 Å². The molecule has 0 amide bonds. The molecule has 3 atom stereocenters. The quantitative estimate of drug-likeness (QED) is 0.747. The molecular weight excluding hydrogens is 272 g/mol. The first-order chi connectivity index (χ1) is 9.46. The smallest absolute Gasteiger partial charge is 0.320 e. The molecule has 3 rings (SSSR count). The van der Waals surface area contributed by atoms with E-state index >= 15 is 0 Å². The average molecular weight is 285 g/mol. The van der Waals surface area contributed by atoms with Gasteiger partial charge < -0.3 is 25.3 Å². The van der Waals surface area contributed by atoms with Crippen LogP contribution in [0.15, 0.2) is 24.5 Å². The number of nitrogens with zero attached hydrogens (tertiary/aromatic N) is 2. The molecule has 0 radical (unpaired) electrons. The molecule has 1 aliphatic heterocycles. The van der Waals surface area contributed by atoms with E-state index in [0.717, 1.165) is 0 Å². The lowest BCUT2D eigenvalue weighted by molar-refractivity contribution is -0.137. The summed E-state index contributed by atoms with van der Waals surface area (Å²) in [5.74, 6) is -3.29. The largest absolute Gasteiger partial charge is 0.394 e. The number of fused-ring (bicyclic) bond motifs is 1. The minimum Gasteiger partial charge on any atom is -0.394 e. The van der Waals surface area contributed by atoms with Gasteiger partial charge in [0.15, 0.2) is 6.10 Å². The fourth-order valence-electron chi connectivity index (χ4n) is 2.43. The minimum absolute atomic E-state index is 0.224. The van der Waals surface area contributed by atoms with Crippen molar-refractivity contribution in [3.63, 3.8) is 0 Å². The Morgan fingerprint density at radius 3 is 2.85 bits per heavy atom. The molecule has 0 aliphatic carbocycles. The number of nitrogen functional groups attached to an aromatic ring is 1. The second-order valence-corrected chi connectivity index (χ2v) is 4.68. The van der Waals surface area contributed by atoms with Crippen LogP contribution in [0.1, 0.15) is 6.23 Å². The van der Waals surface area contributed by atoms with Crippen LogP contribution in [0.5, 0.6) is 0 Å². The highest BCUT2D eigenvalue weighted by molar-refractivity contribution is 5.89.